The molecule has 3 N–H and O–H groups in total. The molecule has 2 aliphatic heterocycles. The number of amides is 1. The minimum Gasteiger partial charge on any atom is -0.497 e. The van der Waals surface area contributed by atoms with Crippen LogP contribution in [0.25, 0.3) is 0 Å². The van der Waals surface area contributed by atoms with Crippen LogP contribution in [0.4, 0.5) is 0 Å². The van der Waals surface area contributed by atoms with Gasteiger partial charge in [0.2, 0.25) is 0 Å². The number of nitrogens with one attached hydrogen (secondary N) is 1. The van der Waals surface area contributed by atoms with Crippen molar-refractivity contribution in [1.29, 1.82) is 0 Å². The topological polar surface area (TPSA) is 67.6 Å². The number of rotatable bonds is 2. The van der Waals surface area contributed by atoms with Crippen LogP contribution < -0.4 is 21.1 Å². The molecule has 2 fully saturated rings. The van der Waals surface area contributed by atoms with Crippen molar-refractivity contribution >= 4 is 20.5 Å². The van der Waals surface area contributed by atoms with Crippen molar-refractivity contribution in [3.63, 3.8) is 0 Å². The van der Waals surface area contributed by atoms with Crippen LogP contribution in [0.2, 0.25) is 0 Å². The molecule has 4 unspecified atom stereocenters. The van der Waals surface area contributed by atoms with E-state index < -0.39 is 0 Å². The van der Waals surface area contributed by atoms with Gasteiger partial charge in [-0.1, -0.05) is 0 Å². The molecule has 0 aromatic heterocycles. The van der Waals surface area contributed by atoms with Crippen molar-refractivity contribution in [2.24, 2.45) is 11.7 Å². The van der Waals surface area contributed by atoms with Gasteiger partial charge in [-0.15, -0.1) is 9.24 Å². The molecule has 2 heterocycles. The maximum absolute atomic E-state index is 12.8. The van der Waals surface area contributed by atoms with Gasteiger partial charge in [0.25, 0.3) is 5.91 Å². The Bertz CT molecular complexity index is 580. The first kappa shape index (κ1) is 14.8. The molecule has 1 aromatic rings. The number of benzene rings is 1. The molecule has 0 spiro atoms. The number of ether oxygens (including phenoxy) is 1. The van der Waals surface area contributed by atoms with Gasteiger partial charge in [0.1, 0.15) is 5.75 Å². The number of carbonyl (C=O) groups is 1. The fraction of sp³-hybridized carbons (Fsp3) is 0.533. The van der Waals surface area contributed by atoms with E-state index in [1.165, 1.54) is 0 Å². The van der Waals surface area contributed by atoms with E-state index in [1.54, 1.807) is 7.11 Å². The molecule has 0 aliphatic carbocycles. The highest BCUT2D eigenvalue weighted by Gasteiger charge is 2.53. The summed E-state index contributed by atoms with van der Waals surface area (Å²) in [5.41, 5.74) is 6.91. The maximum Gasteiger partial charge on any atom is 0.254 e. The second-order valence-corrected chi connectivity index (χ2v) is 6.65. The van der Waals surface area contributed by atoms with Crippen molar-refractivity contribution in [3.05, 3.63) is 23.8 Å². The lowest BCUT2D eigenvalue weighted by molar-refractivity contribution is 0.0722. The molecule has 1 aromatic carbocycles. The Morgan fingerprint density at radius 2 is 2.33 bits per heavy atom. The number of methoxy groups -OCH3 is 1. The monoisotopic (exact) mass is 307 g/mol. The van der Waals surface area contributed by atoms with E-state index in [0.717, 1.165) is 30.7 Å². The fourth-order valence-corrected chi connectivity index (χ4v) is 3.87. The summed E-state index contributed by atoms with van der Waals surface area (Å²) in [6.45, 7) is 4.44. The summed E-state index contributed by atoms with van der Waals surface area (Å²) in [4.78, 5) is 14.8. The highest BCUT2D eigenvalue weighted by atomic mass is 31.0. The molecule has 1 amide bonds. The molecule has 114 valence electrons. The molecular formula is C15H22N3O2P. The van der Waals surface area contributed by atoms with Crippen LogP contribution in [0.1, 0.15) is 17.3 Å². The van der Waals surface area contributed by atoms with E-state index in [0.29, 0.717) is 11.5 Å². The number of nitrogens with zero attached hydrogens (tertiary/aromatic N) is 1. The lowest BCUT2D eigenvalue weighted by Crippen LogP contribution is -2.55. The van der Waals surface area contributed by atoms with Gasteiger partial charge >= 0.3 is 0 Å². The van der Waals surface area contributed by atoms with Gasteiger partial charge in [0, 0.05) is 37.2 Å². The summed E-state index contributed by atoms with van der Waals surface area (Å²) in [7, 11) is 4.24. The van der Waals surface area contributed by atoms with Crippen molar-refractivity contribution in [2.75, 3.05) is 26.7 Å². The smallest absolute Gasteiger partial charge is 0.254 e. The summed E-state index contributed by atoms with van der Waals surface area (Å²) in [5.74, 6) is 1.14. The molecule has 2 aliphatic rings. The van der Waals surface area contributed by atoms with E-state index >= 15 is 0 Å². The number of hydrogen-bond acceptors (Lipinski definition) is 4. The third-order valence-corrected chi connectivity index (χ3v) is 5.47. The Morgan fingerprint density at radius 1 is 1.57 bits per heavy atom. The highest BCUT2D eigenvalue weighted by Crippen LogP contribution is 2.35. The molecule has 0 saturated carbocycles. The quantitative estimate of drug-likeness (QED) is 0.752. The van der Waals surface area contributed by atoms with Crippen molar-refractivity contribution in [2.45, 2.75) is 18.5 Å². The van der Waals surface area contributed by atoms with Gasteiger partial charge in [0.05, 0.1) is 12.6 Å². The molecule has 6 heteroatoms. The third kappa shape index (κ3) is 2.24. The van der Waals surface area contributed by atoms with E-state index in [2.05, 4.69) is 21.5 Å². The van der Waals surface area contributed by atoms with Gasteiger partial charge in [-0.05, 0) is 30.4 Å². The van der Waals surface area contributed by atoms with Gasteiger partial charge < -0.3 is 20.7 Å². The number of hydrogen-bond donors (Lipinski definition) is 2. The summed E-state index contributed by atoms with van der Waals surface area (Å²) >= 11 is 0. The average molecular weight is 307 g/mol. The van der Waals surface area contributed by atoms with Crippen LogP contribution in [0.3, 0.4) is 0 Å². The van der Waals surface area contributed by atoms with Crippen LogP contribution in [-0.2, 0) is 0 Å². The predicted molar refractivity (Wildman–Crippen MR) is 86.1 cm³/mol. The Kier molecular flexibility index (Phi) is 3.68. The Labute approximate surface area is 127 Å². The van der Waals surface area contributed by atoms with Crippen LogP contribution in [0.5, 0.6) is 5.75 Å². The van der Waals surface area contributed by atoms with E-state index in [1.807, 2.05) is 23.1 Å². The summed E-state index contributed by atoms with van der Waals surface area (Å²) in [6, 6.07) is 5.55. The second-order valence-electron chi connectivity index (χ2n) is 6.03. The van der Waals surface area contributed by atoms with Gasteiger partial charge in [-0.25, -0.2) is 0 Å². The Morgan fingerprint density at radius 3 is 2.95 bits per heavy atom. The van der Waals surface area contributed by atoms with Crippen LogP contribution in [0, 0.1) is 5.92 Å². The SMILES string of the molecule is COc1ccc(C(=O)N2CC3CNCC3(N)C2C)c(P)c1. The molecule has 0 radical (unpaired) electrons. The first-order chi connectivity index (χ1) is 9.97. The predicted octanol–water partition coefficient (Wildman–Crippen LogP) is -0.0432. The van der Waals surface area contributed by atoms with Gasteiger partial charge in [-0.3, -0.25) is 4.79 Å². The summed E-state index contributed by atoms with van der Waals surface area (Å²) in [6.07, 6.45) is 0. The van der Waals surface area contributed by atoms with Crippen molar-refractivity contribution < 1.29 is 9.53 Å². The molecule has 2 saturated heterocycles. The van der Waals surface area contributed by atoms with E-state index in [9.17, 15) is 4.79 Å². The zero-order valence-electron chi connectivity index (χ0n) is 12.4. The largest absolute Gasteiger partial charge is 0.497 e. The van der Waals surface area contributed by atoms with Gasteiger partial charge in [0.15, 0.2) is 0 Å². The normalized spacial score (nSPS) is 31.3. The van der Waals surface area contributed by atoms with Crippen LogP contribution in [-0.4, -0.2) is 49.1 Å². The molecule has 4 atom stereocenters. The number of nitrogens with two attached hydrogens (primary N) is 1. The van der Waals surface area contributed by atoms with Crippen LogP contribution in [0.15, 0.2) is 18.2 Å². The molecule has 21 heavy (non-hydrogen) atoms. The summed E-state index contributed by atoms with van der Waals surface area (Å²) < 4.78 is 5.19. The summed E-state index contributed by atoms with van der Waals surface area (Å²) in [5, 5.41) is 4.19. The van der Waals surface area contributed by atoms with E-state index in [-0.39, 0.29) is 17.5 Å². The Balaban J connectivity index is 1.86. The first-order valence-corrected chi connectivity index (χ1v) is 7.79. The van der Waals surface area contributed by atoms with Crippen molar-refractivity contribution in [1.82, 2.24) is 10.2 Å². The number of likely N-dealkylation sites (tertiary alicyclic amines) is 1. The maximum atomic E-state index is 12.8. The lowest BCUT2D eigenvalue weighted by atomic mass is 9.86. The fourth-order valence-electron chi connectivity index (χ4n) is 3.48. The third-order valence-electron chi connectivity index (χ3n) is 4.99. The lowest BCUT2D eigenvalue weighted by Gasteiger charge is -2.31. The minimum absolute atomic E-state index is 0.0384. The van der Waals surface area contributed by atoms with Gasteiger partial charge in [-0.2, -0.15) is 0 Å². The molecule has 5 nitrogen and oxygen atoms in total. The molecule has 0 bridgehead atoms. The van der Waals surface area contributed by atoms with Crippen molar-refractivity contribution in [3.8, 4) is 5.75 Å². The first-order valence-electron chi connectivity index (χ1n) is 7.21. The molecule has 3 rings (SSSR count). The number of fused-ring (bicyclic) bond motifs is 1. The zero-order valence-corrected chi connectivity index (χ0v) is 13.6. The second kappa shape index (κ2) is 5.24. The minimum atomic E-state index is -0.302. The standard InChI is InChI=1S/C15H22N3O2P/c1-9-15(16)8-17-6-10(15)7-18(9)14(19)12-4-3-11(20-2)5-13(12)21/h3-5,9-10,17H,6-8,16,21H2,1-2H3. The zero-order chi connectivity index (χ0) is 15.2. The van der Waals surface area contributed by atoms with Crippen LogP contribution >= 0.6 is 9.24 Å². The molecular weight excluding hydrogens is 285 g/mol. The Hall–Kier alpha value is -1.16. The number of carbonyl (C=O) groups excluding carboxylic acids is 1. The average Bonchev–Trinajstić information content (AvgIpc) is 2.95. The van der Waals surface area contributed by atoms with E-state index in [4.69, 9.17) is 10.5 Å². The highest BCUT2D eigenvalue weighted by molar-refractivity contribution is 7.27.